The molecule has 3 N–H and O–H groups in total. The van der Waals surface area contributed by atoms with Gasteiger partial charge in [0.15, 0.2) is 0 Å². The second kappa shape index (κ2) is 4.49. The van der Waals surface area contributed by atoms with Gasteiger partial charge in [-0.05, 0) is 30.9 Å². The lowest BCUT2D eigenvalue weighted by Crippen LogP contribution is -2.13. The largest absolute Gasteiger partial charge is 0.325 e. The normalized spacial score (nSPS) is 20.0. The molecule has 3 heteroatoms. The molecule has 0 aromatic heterocycles. The average Bonchev–Trinajstić information content (AvgIpc) is 2.62. The number of nitrogens with one attached hydrogen (secondary N) is 1. The molecular weight excluding hydrogens is 212 g/mol. The van der Waals surface area contributed by atoms with Crippen LogP contribution in [0.2, 0.25) is 0 Å². The predicted octanol–water partition coefficient (Wildman–Crippen LogP) is 2.85. The maximum Gasteiger partial charge on any atom is 0.232 e. The number of carbonyl (C=O) groups excluding carboxylic acids is 1. The molecule has 3 nitrogen and oxygen atoms in total. The van der Waals surface area contributed by atoms with E-state index in [2.05, 4.69) is 31.3 Å². The van der Waals surface area contributed by atoms with Gasteiger partial charge in [0.2, 0.25) is 5.91 Å². The second-order valence-electron chi connectivity index (χ2n) is 4.78. The van der Waals surface area contributed by atoms with Crippen molar-refractivity contribution in [1.29, 1.82) is 0 Å². The smallest absolute Gasteiger partial charge is 0.232 e. The van der Waals surface area contributed by atoms with Gasteiger partial charge in [0.25, 0.3) is 0 Å². The van der Waals surface area contributed by atoms with Gasteiger partial charge in [0.05, 0.1) is 5.92 Å². The molecule has 2 unspecified atom stereocenters. The third kappa shape index (κ3) is 1.95. The molecule has 0 bridgehead atoms. The first kappa shape index (κ1) is 12.1. The first-order valence-corrected chi connectivity index (χ1v) is 6.29. The molecule has 17 heavy (non-hydrogen) atoms. The van der Waals surface area contributed by atoms with E-state index in [1.807, 2.05) is 6.92 Å². The molecule has 1 amide bonds. The van der Waals surface area contributed by atoms with E-state index in [0.717, 1.165) is 29.7 Å². The Hall–Kier alpha value is -1.35. The molecule has 0 saturated heterocycles. The van der Waals surface area contributed by atoms with Gasteiger partial charge >= 0.3 is 0 Å². The highest BCUT2D eigenvalue weighted by Gasteiger charge is 2.31. The first-order valence-electron chi connectivity index (χ1n) is 6.29. The van der Waals surface area contributed by atoms with Gasteiger partial charge < -0.3 is 11.1 Å². The molecule has 1 aromatic carbocycles. The Morgan fingerprint density at radius 3 is 2.71 bits per heavy atom. The molecule has 0 fully saturated rings. The Morgan fingerprint density at radius 2 is 2.12 bits per heavy atom. The van der Waals surface area contributed by atoms with Crippen LogP contribution < -0.4 is 11.1 Å². The fourth-order valence-electron chi connectivity index (χ4n) is 2.53. The summed E-state index contributed by atoms with van der Waals surface area (Å²) in [6.45, 7) is 6.16. The fraction of sp³-hybridized carbons (Fsp3) is 0.500. The lowest BCUT2D eigenvalue weighted by molar-refractivity contribution is -0.117. The zero-order valence-electron chi connectivity index (χ0n) is 10.7. The molecule has 1 aromatic rings. The molecule has 0 aliphatic carbocycles. The van der Waals surface area contributed by atoms with E-state index in [-0.39, 0.29) is 17.9 Å². The van der Waals surface area contributed by atoms with Gasteiger partial charge in [-0.2, -0.15) is 0 Å². The molecule has 1 heterocycles. The van der Waals surface area contributed by atoms with Crippen LogP contribution in [0.5, 0.6) is 0 Å². The Labute approximate surface area is 102 Å². The van der Waals surface area contributed by atoms with Crippen LogP contribution >= 0.6 is 0 Å². The maximum atomic E-state index is 11.9. The minimum absolute atomic E-state index is 0.000411. The summed E-state index contributed by atoms with van der Waals surface area (Å²) in [5, 5.41) is 2.99. The topological polar surface area (TPSA) is 55.1 Å². The molecule has 0 radical (unpaired) electrons. The molecule has 0 spiro atoms. The monoisotopic (exact) mass is 232 g/mol. The number of fused-ring (bicyclic) bond motifs is 1. The molecule has 0 saturated carbocycles. The predicted molar refractivity (Wildman–Crippen MR) is 70.1 cm³/mol. The standard InChI is InChI=1S/C14H20N2O/c1-4-9-10-6-8(3)7-11(12(15)5-2)13(10)16-14(9)17/h6-7,9,12H,4-5,15H2,1-3H3,(H,16,17). The number of hydrogen-bond acceptors (Lipinski definition) is 2. The number of aryl methyl sites for hydroxylation is 1. The SMILES string of the molecule is CCC(N)c1cc(C)cc2c1NC(=O)C2CC. The van der Waals surface area contributed by atoms with Crippen LogP contribution in [0, 0.1) is 6.92 Å². The molecular formula is C14H20N2O. The lowest BCUT2D eigenvalue weighted by Gasteiger charge is -2.15. The quantitative estimate of drug-likeness (QED) is 0.842. The summed E-state index contributed by atoms with van der Waals surface area (Å²) in [5.74, 6) is 0.102. The number of hydrogen-bond donors (Lipinski definition) is 2. The van der Waals surface area contributed by atoms with Crippen molar-refractivity contribution >= 4 is 11.6 Å². The van der Waals surface area contributed by atoms with Crippen LogP contribution in [0.3, 0.4) is 0 Å². The number of anilines is 1. The second-order valence-corrected chi connectivity index (χ2v) is 4.78. The van der Waals surface area contributed by atoms with Crippen LogP contribution in [0.4, 0.5) is 5.69 Å². The Morgan fingerprint density at radius 1 is 1.41 bits per heavy atom. The van der Waals surface area contributed by atoms with E-state index in [4.69, 9.17) is 5.73 Å². The fourth-order valence-corrected chi connectivity index (χ4v) is 2.53. The van der Waals surface area contributed by atoms with Gasteiger partial charge in [0, 0.05) is 11.7 Å². The minimum atomic E-state index is -0.00675. The van der Waals surface area contributed by atoms with Crippen molar-refractivity contribution in [2.24, 2.45) is 5.73 Å². The summed E-state index contributed by atoms with van der Waals surface area (Å²) < 4.78 is 0. The molecule has 1 aliphatic rings. The molecule has 1 aliphatic heterocycles. The number of amides is 1. The van der Waals surface area contributed by atoms with E-state index in [1.165, 1.54) is 5.56 Å². The summed E-state index contributed by atoms with van der Waals surface area (Å²) in [4.78, 5) is 11.9. The highest BCUT2D eigenvalue weighted by atomic mass is 16.2. The van der Waals surface area contributed by atoms with Crippen molar-refractivity contribution < 1.29 is 4.79 Å². The van der Waals surface area contributed by atoms with Gasteiger partial charge in [-0.1, -0.05) is 31.5 Å². The maximum absolute atomic E-state index is 11.9. The molecule has 92 valence electrons. The van der Waals surface area contributed by atoms with Crippen molar-refractivity contribution in [2.75, 3.05) is 5.32 Å². The van der Waals surface area contributed by atoms with Gasteiger partial charge in [-0.3, -0.25) is 4.79 Å². The third-order valence-corrected chi connectivity index (χ3v) is 3.53. The van der Waals surface area contributed by atoms with E-state index in [9.17, 15) is 4.79 Å². The number of rotatable bonds is 3. The van der Waals surface area contributed by atoms with Crippen molar-refractivity contribution in [3.05, 3.63) is 28.8 Å². The van der Waals surface area contributed by atoms with Crippen LogP contribution in [-0.4, -0.2) is 5.91 Å². The van der Waals surface area contributed by atoms with Crippen LogP contribution in [0.25, 0.3) is 0 Å². The summed E-state index contributed by atoms with van der Waals surface area (Å²) in [5.41, 5.74) is 10.5. The Kier molecular flexibility index (Phi) is 3.20. The van der Waals surface area contributed by atoms with Crippen LogP contribution in [0.15, 0.2) is 12.1 Å². The summed E-state index contributed by atoms with van der Waals surface area (Å²) in [6, 6.07) is 4.19. The van der Waals surface area contributed by atoms with Gasteiger partial charge in [0.1, 0.15) is 0 Å². The number of benzene rings is 1. The van der Waals surface area contributed by atoms with Crippen LogP contribution in [-0.2, 0) is 4.79 Å². The van der Waals surface area contributed by atoms with E-state index in [1.54, 1.807) is 0 Å². The highest BCUT2D eigenvalue weighted by molar-refractivity contribution is 6.03. The minimum Gasteiger partial charge on any atom is -0.325 e. The van der Waals surface area contributed by atoms with Crippen molar-refractivity contribution in [3.8, 4) is 0 Å². The lowest BCUT2D eigenvalue weighted by atomic mass is 9.92. The average molecular weight is 232 g/mol. The third-order valence-electron chi connectivity index (χ3n) is 3.53. The first-order chi connectivity index (χ1) is 8.08. The number of nitrogens with two attached hydrogens (primary N) is 1. The van der Waals surface area contributed by atoms with Crippen LogP contribution in [0.1, 0.15) is 55.3 Å². The molecule has 2 rings (SSSR count). The van der Waals surface area contributed by atoms with Gasteiger partial charge in [-0.25, -0.2) is 0 Å². The highest BCUT2D eigenvalue weighted by Crippen LogP contribution is 2.40. The van der Waals surface area contributed by atoms with Crippen molar-refractivity contribution in [1.82, 2.24) is 0 Å². The zero-order valence-corrected chi connectivity index (χ0v) is 10.7. The van der Waals surface area contributed by atoms with E-state index < -0.39 is 0 Å². The van der Waals surface area contributed by atoms with Crippen molar-refractivity contribution in [2.45, 2.75) is 45.6 Å². The molecule has 2 atom stereocenters. The van der Waals surface area contributed by atoms with E-state index in [0.29, 0.717) is 0 Å². The number of carbonyl (C=O) groups is 1. The van der Waals surface area contributed by atoms with Crippen molar-refractivity contribution in [3.63, 3.8) is 0 Å². The Balaban J connectivity index is 2.55. The summed E-state index contributed by atoms with van der Waals surface area (Å²) in [7, 11) is 0. The Bertz CT molecular complexity index is 454. The summed E-state index contributed by atoms with van der Waals surface area (Å²) in [6.07, 6.45) is 1.71. The zero-order chi connectivity index (χ0) is 12.6. The van der Waals surface area contributed by atoms with Gasteiger partial charge in [-0.15, -0.1) is 0 Å². The summed E-state index contributed by atoms with van der Waals surface area (Å²) >= 11 is 0. The van der Waals surface area contributed by atoms with E-state index >= 15 is 0 Å².